The van der Waals surface area contributed by atoms with E-state index in [1.54, 1.807) is 0 Å². The van der Waals surface area contributed by atoms with E-state index in [9.17, 15) is 4.79 Å². The standard InChI is InChI=1S/C23H47NO4/c1-7-11-22(4,5)13-10-15-26-17-19-28-20-18-27-16-14-24-21(25)23(6,9-3)12-8-2/h7-20H2,1-6H3,(H,24,25). The maximum absolute atomic E-state index is 12.3. The van der Waals surface area contributed by atoms with E-state index < -0.39 is 0 Å². The first kappa shape index (κ1) is 27.4. The smallest absolute Gasteiger partial charge is 0.226 e. The quantitative estimate of drug-likeness (QED) is 0.310. The van der Waals surface area contributed by atoms with Crippen molar-refractivity contribution in [1.82, 2.24) is 5.32 Å². The third-order valence-electron chi connectivity index (χ3n) is 5.48. The van der Waals surface area contributed by atoms with Crippen LogP contribution in [0.2, 0.25) is 0 Å². The summed E-state index contributed by atoms with van der Waals surface area (Å²) in [5, 5.41) is 2.98. The maximum atomic E-state index is 12.3. The summed E-state index contributed by atoms with van der Waals surface area (Å²) in [5.74, 6) is 0.131. The Labute approximate surface area is 174 Å². The van der Waals surface area contributed by atoms with Crippen LogP contribution in [0.1, 0.15) is 86.5 Å². The van der Waals surface area contributed by atoms with Gasteiger partial charge in [0.2, 0.25) is 5.91 Å². The van der Waals surface area contributed by atoms with Gasteiger partial charge >= 0.3 is 0 Å². The Morgan fingerprint density at radius 1 is 0.750 bits per heavy atom. The lowest BCUT2D eigenvalue weighted by Crippen LogP contribution is -2.40. The number of hydrogen-bond acceptors (Lipinski definition) is 4. The molecule has 0 bridgehead atoms. The summed E-state index contributed by atoms with van der Waals surface area (Å²) in [7, 11) is 0. The molecule has 0 saturated carbocycles. The lowest BCUT2D eigenvalue weighted by molar-refractivity contribution is -0.131. The number of ether oxygens (including phenoxy) is 3. The highest BCUT2D eigenvalue weighted by atomic mass is 16.5. The zero-order chi connectivity index (χ0) is 21.3. The van der Waals surface area contributed by atoms with Gasteiger partial charge in [0.15, 0.2) is 0 Å². The van der Waals surface area contributed by atoms with Crippen LogP contribution >= 0.6 is 0 Å². The van der Waals surface area contributed by atoms with Gasteiger partial charge in [0.25, 0.3) is 0 Å². The Morgan fingerprint density at radius 3 is 1.82 bits per heavy atom. The molecule has 28 heavy (non-hydrogen) atoms. The fourth-order valence-electron chi connectivity index (χ4n) is 3.45. The molecule has 0 heterocycles. The van der Waals surface area contributed by atoms with Gasteiger partial charge in [-0.2, -0.15) is 0 Å². The molecule has 5 nitrogen and oxygen atoms in total. The van der Waals surface area contributed by atoms with Crippen molar-refractivity contribution in [2.45, 2.75) is 86.5 Å². The van der Waals surface area contributed by atoms with E-state index in [-0.39, 0.29) is 11.3 Å². The summed E-state index contributed by atoms with van der Waals surface area (Å²) in [6.07, 6.45) is 7.64. The van der Waals surface area contributed by atoms with Crippen molar-refractivity contribution >= 4 is 5.91 Å². The van der Waals surface area contributed by atoms with Crippen molar-refractivity contribution < 1.29 is 19.0 Å². The second-order valence-electron chi connectivity index (χ2n) is 8.77. The average Bonchev–Trinajstić information content (AvgIpc) is 2.65. The predicted molar refractivity (Wildman–Crippen MR) is 117 cm³/mol. The van der Waals surface area contributed by atoms with Crippen molar-refractivity contribution in [3.63, 3.8) is 0 Å². The summed E-state index contributed by atoms with van der Waals surface area (Å²) in [6, 6.07) is 0. The van der Waals surface area contributed by atoms with E-state index in [4.69, 9.17) is 14.2 Å². The summed E-state index contributed by atoms with van der Waals surface area (Å²) >= 11 is 0. The lowest BCUT2D eigenvalue weighted by atomic mass is 9.82. The second kappa shape index (κ2) is 16.2. The molecule has 0 spiro atoms. The van der Waals surface area contributed by atoms with E-state index in [1.807, 2.05) is 6.92 Å². The Kier molecular flexibility index (Phi) is 15.8. The molecule has 0 aliphatic heterocycles. The van der Waals surface area contributed by atoms with Gasteiger partial charge in [-0.05, 0) is 37.5 Å². The fourth-order valence-corrected chi connectivity index (χ4v) is 3.45. The van der Waals surface area contributed by atoms with Gasteiger partial charge in [0.05, 0.1) is 33.0 Å². The number of nitrogens with one attached hydrogen (secondary N) is 1. The van der Waals surface area contributed by atoms with Crippen LogP contribution in [0.25, 0.3) is 0 Å². The van der Waals surface area contributed by atoms with Gasteiger partial charge in [-0.15, -0.1) is 0 Å². The molecule has 0 aromatic rings. The van der Waals surface area contributed by atoms with Gasteiger partial charge in [0, 0.05) is 18.6 Å². The second-order valence-corrected chi connectivity index (χ2v) is 8.77. The normalized spacial score (nSPS) is 14.1. The van der Waals surface area contributed by atoms with Crippen LogP contribution in [0, 0.1) is 10.8 Å². The van der Waals surface area contributed by atoms with E-state index in [0.29, 0.717) is 45.0 Å². The summed E-state index contributed by atoms with van der Waals surface area (Å²) < 4.78 is 16.7. The van der Waals surface area contributed by atoms with Gasteiger partial charge in [0.1, 0.15) is 0 Å². The van der Waals surface area contributed by atoms with E-state index in [2.05, 4.69) is 39.9 Å². The third-order valence-corrected chi connectivity index (χ3v) is 5.48. The summed E-state index contributed by atoms with van der Waals surface area (Å²) in [5.41, 5.74) is 0.167. The molecular formula is C23H47NO4. The molecule has 1 atom stereocenters. The summed E-state index contributed by atoms with van der Waals surface area (Å²) in [6.45, 7) is 17.3. The minimum absolute atomic E-state index is 0.131. The minimum atomic E-state index is -0.260. The molecule has 1 amide bonds. The number of rotatable bonds is 19. The number of carbonyl (C=O) groups is 1. The average molecular weight is 402 g/mol. The number of hydrogen-bond donors (Lipinski definition) is 1. The monoisotopic (exact) mass is 401 g/mol. The molecular weight excluding hydrogens is 354 g/mol. The van der Waals surface area contributed by atoms with Crippen molar-refractivity contribution in [1.29, 1.82) is 0 Å². The Morgan fingerprint density at radius 2 is 1.29 bits per heavy atom. The molecule has 0 aliphatic carbocycles. The van der Waals surface area contributed by atoms with Gasteiger partial charge < -0.3 is 19.5 Å². The first-order chi connectivity index (χ1) is 13.3. The van der Waals surface area contributed by atoms with Gasteiger partial charge in [-0.25, -0.2) is 0 Å². The zero-order valence-corrected chi connectivity index (χ0v) is 19.5. The maximum Gasteiger partial charge on any atom is 0.226 e. The van der Waals surface area contributed by atoms with Crippen LogP contribution in [0.15, 0.2) is 0 Å². The highest BCUT2D eigenvalue weighted by Crippen LogP contribution is 2.28. The third kappa shape index (κ3) is 13.5. The van der Waals surface area contributed by atoms with Crippen LogP contribution in [0.4, 0.5) is 0 Å². The van der Waals surface area contributed by atoms with E-state index in [0.717, 1.165) is 32.3 Å². The first-order valence-electron chi connectivity index (χ1n) is 11.3. The SMILES string of the molecule is CCCC(C)(C)CCCOCCOCCOCCNC(=O)C(C)(CC)CCC. The highest BCUT2D eigenvalue weighted by molar-refractivity contribution is 5.82. The predicted octanol–water partition coefficient (Wildman–Crippen LogP) is 4.98. The number of carbonyl (C=O) groups excluding carboxylic acids is 1. The molecule has 0 saturated heterocycles. The Balaban J connectivity index is 3.46. The molecule has 5 heteroatoms. The molecule has 0 aliphatic rings. The van der Waals surface area contributed by atoms with Crippen LogP contribution in [0.5, 0.6) is 0 Å². The largest absolute Gasteiger partial charge is 0.379 e. The van der Waals surface area contributed by atoms with Crippen LogP contribution in [-0.2, 0) is 19.0 Å². The van der Waals surface area contributed by atoms with Crippen LogP contribution < -0.4 is 5.32 Å². The van der Waals surface area contributed by atoms with Crippen LogP contribution in [0.3, 0.4) is 0 Å². The molecule has 0 aromatic carbocycles. The molecule has 168 valence electrons. The van der Waals surface area contributed by atoms with Crippen molar-refractivity contribution in [3.8, 4) is 0 Å². The van der Waals surface area contributed by atoms with E-state index >= 15 is 0 Å². The topological polar surface area (TPSA) is 56.8 Å². The highest BCUT2D eigenvalue weighted by Gasteiger charge is 2.29. The molecule has 0 aromatic heterocycles. The molecule has 0 radical (unpaired) electrons. The van der Waals surface area contributed by atoms with Crippen LogP contribution in [-0.4, -0.2) is 52.1 Å². The fraction of sp³-hybridized carbons (Fsp3) is 0.957. The molecule has 1 N–H and O–H groups in total. The van der Waals surface area contributed by atoms with Gasteiger partial charge in [-0.3, -0.25) is 4.79 Å². The number of amides is 1. The first-order valence-corrected chi connectivity index (χ1v) is 11.3. The Hall–Kier alpha value is -0.650. The van der Waals surface area contributed by atoms with Crippen molar-refractivity contribution in [2.24, 2.45) is 10.8 Å². The van der Waals surface area contributed by atoms with E-state index in [1.165, 1.54) is 19.3 Å². The van der Waals surface area contributed by atoms with Gasteiger partial charge in [-0.1, -0.05) is 54.4 Å². The molecule has 0 rings (SSSR count). The minimum Gasteiger partial charge on any atom is -0.379 e. The van der Waals surface area contributed by atoms with Crippen molar-refractivity contribution in [3.05, 3.63) is 0 Å². The summed E-state index contributed by atoms with van der Waals surface area (Å²) in [4.78, 5) is 12.3. The zero-order valence-electron chi connectivity index (χ0n) is 19.5. The van der Waals surface area contributed by atoms with Crippen molar-refractivity contribution in [2.75, 3.05) is 46.2 Å². The molecule has 0 fully saturated rings. The lowest BCUT2D eigenvalue weighted by Gasteiger charge is -2.26. The molecule has 1 unspecified atom stereocenters. The Bertz CT molecular complexity index is 387.